The van der Waals surface area contributed by atoms with Crippen LogP contribution in [0.25, 0.3) is 0 Å². The first-order valence-electron chi connectivity index (χ1n) is 6.55. The Bertz CT molecular complexity index is 545. The number of nitrogens with one attached hydrogen (secondary N) is 1. The van der Waals surface area contributed by atoms with E-state index in [1.54, 1.807) is 0 Å². The van der Waals surface area contributed by atoms with Crippen LogP contribution in [0, 0.1) is 5.92 Å². The van der Waals surface area contributed by atoms with Crippen LogP contribution in [0.3, 0.4) is 0 Å². The van der Waals surface area contributed by atoms with E-state index in [0.29, 0.717) is 12.5 Å². The number of hydrogen-bond donors (Lipinski definition) is 1. The first-order valence-corrected chi connectivity index (χ1v) is 6.95. The van der Waals surface area contributed by atoms with Crippen molar-refractivity contribution in [3.8, 4) is 5.75 Å². The molecule has 0 aliphatic carbocycles. The predicted octanol–water partition coefficient (Wildman–Crippen LogP) is 2.85. The summed E-state index contributed by atoms with van der Waals surface area (Å²) in [6.45, 7) is 8.80. The van der Waals surface area contributed by atoms with Crippen molar-refractivity contribution in [2.75, 3.05) is 6.54 Å². The minimum absolute atomic E-state index is 0.212. The smallest absolute Gasteiger partial charge is 0.187 e. The fourth-order valence-electron chi connectivity index (χ4n) is 3.03. The maximum Gasteiger partial charge on any atom is 0.187 e. The summed E-state index contributed by atoms with van der Waals surface area (Å²) in [7, 11) is 0. The van der Waals surface area contributed by atoms with Crippen LogP contribution in [0.5, 0.6) is 5.75 Å². The van der Waals surface area contributed by atoms with E-state index < -0.39 is 5.72 Å². The highest BCUT2D eigenvalue weighted by Crippen LogP contribution is 2.47. The molecule has 1 fully saturated rings. The minimum atomic E-state index is -0.421. The van der Waals surface area contributed by atoms with E-state index in [-0.39, 0.29) is 6.04 Å². The van der Waals surface area contributed by atoms with Gasteiger partial charge in [-0.15, -0.1) is 6.58 Å². The summed E-state index contributed by atoms with van der Waals surface area (Å²) in [5, 5.41) is 4.18. The van der Waals surface area contributed by atoms with Crippen molar-refractivity contribution in [3.05, 3.63) is 42.5 Å². The van der Waals surface area contributed by atoms with Gasteiger partial charge in [0.15, 0.2) is 10.8 Å². The summed E-state index contributed by atoms with van der Waals surface area (Å²) < 4.78 is 6.29. The molecule has 0 spiro atoms. The topological polar surface area (TPSA) is 24.5 Å². The van der Waals surface area contributed by atoms with Gasteiger partial charge < -0.3 is 15.0 Å². The largest absolute Gasteiger partial charge is 0.467 e. The number of benzene rings is 1. The van der Waals surface area contributed by atoms with E-state index in [0.717, 1.165) is 10.9 Å². The average Bonchev–Trinajstić information content (AvgIpc) is 2.39. The third-order valence-electron chi connectivity index (χ3n) is 4.29. The van der Waals surface area contributed by atoms with Crippen molar-refractivity contribution in [1.82, 2.24) is 10.2 Å². The minimum Gasteiger partial charge on any atom is -0.467 e. The summed E-state index contributed by atoms with van der Waals surface area (Å²) in [6.07, 6.45) is 1.86. The molecule has 3 nitrogen and oxygen atoms in total. The molecule has 1 N–H and O–H groups in total. The highest BCUT2D eigenvalue weighted by atomic mass is 32.1. The number of para-hydroxylation sites is 1. The van der Waals surface area contributed by atoms with Gasteiger partial charge in [-0.05, 0) is 25.2 Å². The average molecular weight is 274 g/mol. The first kappa shape index (κ1) is 12.5. The zero-order valence-electron chi connectivity index (χ0n) is 11.2. The molecule has 0 saturated carbocycles. The lowest BCUT2D eigenvalue weighted by molar-refractivity contribution is -0.106. The van der Waals surface area contributed by atoms with Crippen LogP contribution in [-0.4, -0.2) is 22.3 Å². The Morgan fingerprint density at radius 1 is 1.53 bits per heavy atom. The Labute approximate surface area is 119 Å². The van der Waals surface area contributed by atoms with Crippen LogP contribution in [0.4, 0.5) is 0 Å². The standard InChI is InChI=1S/C15H18N2OS/c1-4-9-17-14(19)16-13-10(2)15(17,3)18-12-8-6-5-7-11(12)13/h4-8,10,13H,1,9H2,2-3H3,(H,16,19). The van der Waals surface area contributed by atoms with Gasteiger partial charge in [0, 0.05) is 18.0 Å². The highest BCUT2D eigenvalue weighted by Gasteiger charge is 2.52. The molecule has 2 heterocycles. The second-order valence-electron chi connectivity index (χ2n) is 5.31. The molecule has 4 heteroatoms. The van der Waals surface area contributed by atoms with Crippen LogP contribution < -0.4 is 10.1 Å². The Kier molecular flexibility index (Phi) is 2.78. The van der Waals surface area contributed by atoms with Crippen LogP contribution in [-0.2, 0) is 0 Å². The summed E-state index contributed by atoms with van der Waals surface area (Å²) >= 11 is 5.49. The molecular weight excluding hydrogens is 256 g/mol. The quantitative estimate of drug-likeness (QED) is 0.662. The first-order chi connectivity index (χ1) is 9.08. The van der Waals surface area contributed by atoms with Crippen molar-refractivity contribution < 1.29 is 4.74 Å². The fraction of sp³-hybridized carbons (Fsp3) is 0.400. The summed E-state index contributed by atoms with van der Waals surface area (Å²) in [6, 6.07) is 8.38. The van der Waals surface area contributed by atoms with Crippen molar-refractivity contribution in [3.63, 3.8) is 0 Å². The van der Waals surface area contributed by atoms with Gasteiger partial charge in [-0.25, -0.2) is 0 Å². The number of nitrogens with zero attached hydrogens (tertiary/aromatic N) is 1. The van der Waals surface area contributed by atoms with Crippen LogP contribution >= 0.6 is 12.2 Å². The monoisotopic (exact) mass is 274 g/mol. The van der Waals surface area contributed by atoms with Crippen molar-refractivity contribution in [2.45, 2.75) is 25.6 Å². The second kappa shape index (κ2) is 4.23. The molecule has 2 aliphatic heterocycles. The second-order valence-corrected chi connectivity index (χ2v) is 5.70. The molecule has 1 aromatic carbocycles. The third kappa shape index (κ3) is 1.66. The fourth-order valence-corrected chi connectivity index (χ4v) is 3.42. The molecule has 3 rings (SSSR count). The van der Waals surface area contributed by atoms with Crippen LogP contribution in [0.15, 0.2) is 36.9 Å². The summed E-state index contributed by atoms with van der Waals surface area (Å²) in [4.78, 5) is 2.08. The molecule has 3 unspecified atom stereocenters. The number of thiocarbonyl (C=S) groups is 1. The zero-order chi connectivity index (χ0) is 13.6. The molecular formula is C15H18N2OS. The van der Waals surface area contributed by atoms with Crippen LogP contribution in [0.1, 0.15) is 25.5 Å². The van der Waals surface area contributed by atoms with Gasteiger partial charge in [-0.1, -0.05) is 31.2 Å². The maximum absolute atomic E-state index is 6.29. The van der Waals surface area contributed by atoms with Crippen molar-refractivity contribution in [1.29, 1.82) is 0 Å². The van der Waals surface area contributed by atoms with Gasteiger partial charge in [-0.2, -0.15) is 0 Å². The zero-order valence-corrected chi connectivity index (χ0v) is 12.0. The van der Waals surface area contributed by atoms with E-state index in [2.05, 4.69) is 36.7 Å². The lowest BCUT2D eigenvalue weighted by Gasteiger charge is -2.56. The SMILES string of the molecule is C=CCN1C(=S)NC2c3ccccc3OC1(C)C2C. The van der Waals surface area contributed by atoms with Gasteiger partial charge in [-0.3, -0.25) is 0 Å². The van der Waals surface area contributed by atoms with Crippen molar-refractivity contribution >= 4 is 17.3 Å². The lowest BCUT2D eigenvalue weighted by atomic mass is 9.81. The molecule has 2 aliphatic rings. The molecule has 0 radical (unpaired) electrons. The lowest BCUT2D eigenvalue weighted by Crippen LogP contribution is -2.68. The normalized spacial score (nSPS) is 32.1. The molecule has 1 saturated heterocycles. The molecule has 0 amide bonds. The Hall–Kier alpha value is -1.55. The Balaban J connectivity index is 2.11. The van der Waals surface area contributed by atoms with E-state index in [9.17, 15) is 0 Å². The molecule has 2 bridgehead atoms. The molecule has 100 valence electrons. The predicted molar refractivity (Wildman–Crippen MR) is 80.0 cm³/mol. The Morgan fingerprint density at radius 3 is 3.00 bits per heavy atom. The van der Waals surface area contributed by atoms with E-state index in [1.807, 2.05) is 24.3 Å². The Morgan fingerprint density at radius 2 is 2.26 bits per heavy atom. The van der Waals surface area contributed by atoms with Gasteiger partial charge >= 0.3 is 0 Å². The molecule has 3 atom stereocenters. The van der Waals surface area contributed by atoms with E-state index >= 15 is 0 Å². The molecule has 1 aromatic rings. The summed E-state index contributed by atoms with van der Waals surface area (Å²) in [5.41, 5.74) is 0.767. The number of rotatable bonds is 2. The van der Waals surface area contributed by atoms with E-state index in [1.165, 1.54) is 5.56 Å². The highest BCUT2D eigenvalue weighted by molar-refractivity contribution is 7.80. The maximum atomic E-state index is 6.29. The summed E-state index contributed by atoms with van der Waals surface area (Å²) in [5.74, 6) is 1.24. The number of ether oxygens (including phenoxy) is 1. The molecule has 0 aromatic heterocycles. The van der Waals surface area contributed by atoms with Gasteiger partial charge in [0.1, 0.15) is 5.75 Å². The van der Waals surface area contributed by atoms with Gasteiger partial charge in [0.25, 0.3) is 0 Å². The third-order valence-corrected chi connectivity index (χ3v) is 4.63. The number of fused-ring (bicyclic) bond motifs is 4. The van der Waals surface area contributed by atoms with Crippen LogP contribution in [0.2, 0.25) is 0 Å². The van der Waals surface area contributed by atoms with Crippen molar-refractivity contribution in [2.24, 2.45) is 5.92 Å². The van der Waals surface area contributed by atoms with E-state index in [4.69, 9.17) is 17.0 Å². The van der Waals surface area contributed by atoms with Gasteiger partial charge in [0.05, 0.1) is 6.04 Å². The molecule has 19 heavy (non-hydrogen) atoms. The van der Waals surface area contributed by atoms with Gasteiger partial charge in [0.2, 0.25) is 0 Å². The number of hydrogen-bond acceptors (Lipinski definition) is 2.